The number of aryl methyl sites for hydroxylation is 1. The van der Waals surface area contributed by atoms with E-state index >= 15 is 0 Å². The van der Waals surface area contributed by atoms with E-state index in [9.17, 15) is 13.2 Å². The molecule has 1 fully saturated rings. The number of rotatable bonds is 7. The van der Waals surface area contributed by atoms with Gasteiger partial charge < -0.3 is 4.74 Å². The molecule has 0 aliphatic carbocycles. The van der Waals surface area contributed by atoms with Gasteiger partial charge in [0.2, 0.25) is 0 Å². The topological polar surface area (TPSA) is 38.2 Å². The Labute approximate surface area is 163 Å². The highest BCUT2D eigenvalue weighted by Gasteiger charge is 2.33. The summed E-state index contributed by atoms with van der Waals surface area (Å²) in [6.45, 7) is 3.05. The van der Waals surface area contributed by atoms with Gasteiger partial charge in [0, 0.05) is 38.2 Å². The lowest BCUT2D eigenvalue weighted by atomic mass is 9.90. The summed E-state index contributed by atoms with van der Waals surface area (Å²) < 4.78 is 44.5. The summed E-state index contributed by atoms with van der Waals surface area (Å²) in [6, 6.07) is 5.91. The molecule has 1 aliphatic rings. The Morgan fingerprint density at radius 2 is 1.93 bits per heavy atom. The Balaban J connectivity index is 1.54. The molecular weight excluding hydrogens is 367 g/mol. The normalized spacial score (nSPS) is 18.4. The number of benzene rings is 1. The first kappa shape index (κ1) is 20.7. The van der Waals surface area contributed by atoms with E-state index in [1.165, 1.54) is 12.1 Å². The first-order valence-electron chi connectivity index (χ1n) is 9.62. The van der Waals surface area contributed by atoms with Crippen LogP contribution in [0.25, 0.3) is 0 Å². The van der Waals surface area contributed by atoms with Gasteiger partial charge in [-0.3, -0.25) is 4.90 Å². The van der Waals surface area contributed by atoms with Crippen molar-refractivity contribution in [3.05, 3.63) is 59.2 Å². The maximum atomic E-state index is 13.2. The van der Waals surface area contributed by atoms with Crippen LogP contribution in [0.15, 0.2) is 36.7 Å². The summed E-state index contributed by atoms with van der Waals surface area (Å²) in [7, 11) is 1.61. The third-order valence-corrected chi connectivity index (χ3v) is 5.19. The average Bonchev–Trinajstić information content (AvgIpc) is 2.68. The molecule has 0 amide bonds. The number of ether oxygens (including phenoxy) is 1. The van der Waals surface area contributed by atoms with E-state index in [4.69, 9.17) is 4.74 Å². The Kier molecular flexibility index (Phi) is 7.02. The molecule has 1 atom stereocenters. The molecule has 1 saturated heterocycles. The minimum atomic E-state index is -4.29. The number of nitrogens with zero attached hydrogens (tertiary/aromatic N) is 3. The Morgan fingerprint density at radius 3 is 2.64 bits per heavy atom. The molecule has 7 heteroatoms. The van der Waals surface area contributed by atoms with Crippen LogP contribution in [-0.4, -0.2) is 35.1 Å². The Hall–Kier alpha value is -1.99. The first-order chi connectivity index (χ1) is 13.5. The monoisotopic (exact) mass is 393 g/mol. The van der Waals surface area contributed by atoms with Crippen molar-refractivity contribution >= 4 is 0 Å². The van der Waals surface area contributed by atoms with Crippen LogP contribution in [0.3, 0.4) is 0 Å². The second-order valence-electron chi connectivity index (χ2n) is 7.38. The molecule has 3 rings (SSSR count). The summed E-state index contributed by atoms with van der Waals surface area (Å²) in [5, 5.41) is 0. The molecule has 0 spiro atoms. The molecule has 0 N–H and O–H groups in total. The molecule has 0 saturated carbocycles. The van der Waals surface area contributed by atoms with E-state index in [1.807, 2.05) is 12.4 Å². The number of halogens is 3. The summed E-state index contributed by atoms with van der Waals surface area (Å²) in [6.07, 6.45) is 2.72. The zero-order valence-corrected chi connectivity index (χ0v) is 16.1. The highest BCUT2D eigenvalue weighted by atomic mass is 19.4. The minimum absolute atomic E-state index is 0.394. The fraction of sp³-hybridized carbons (Fsp3) is 0.524. The second kappa shape index (κ2) is 9.47. The molecule has 4 nitrogen and oxygen atoms in total. The lowest BCUT2D eigenvalue weighted by molar-refractivity contribution is -0.138. The standard InChI is InChI=1S/C21H26F3N3O/c1-28-15-20-25-11-17(12-26-20)14-27-10-4-5-16(13-27)8-9-18-6-2-3-7-19(18)21(22,23)24/h2-3,6-7,11-12,16H,4-5,8-10,13-15H2,1H3/t16-/m0/s1. The van der Waals surface area contributed by atoms with Gasteiger partial charge >= 0.3 is 6.18 Å². The predicted octanol–water partition coefficient (Wildman–Crippen LogP) is 4.49. The van der Waals surface area contributed by atoms with Crippen molar-refractivity contribution < 1.29 is 17.9 Å². The third-order valence-electron chi connectivity index (χ3n) is 5.19. The summed E-state index contributed by atoms with van der Waals surface area (Å²) in [5.41, 5.74) is 0.938. The highest BCUT2D eigenvalue weighted by Crippen LogP contribution is 2.33. The average molecular weight is 393 g/mol. The number of alkyl halides is 3. The van der Waals surface area contributed by atoms with E-state index in [0.29, 0.717) is 30.3 Å². The van der Waals surface area contributed by atoms with Crippen molar-refractivity contribution in [3.63, 3.8) is 0 Å². The van der Waals surface area contributed by atoms with Gasteiger partial charge in [0.15, 0.2) is 5.82 Å². The van der Waals surface area contributed by atoms with Crippen LogP contribution in [0.5, 0.6) is 0 Å². The van der Waals surface area contributed by atoms with Crippen LogP contribution in [-0.2, 0) is 30.5 Å². The lowest BCUT2D eigenvalue weighted by Gasteiger charge is -2.32. The van der Waals surface area contributed by atoms with Crippen LogP contribution in [0.4, 0.5) is 13.2 Å². The molecule has 0 bridgehead atoms. The number of likely N-dealkylation sites (tertiary alicyclic amines) is 1. The van der Waals surface area contributed by atoms with E-state index in [1.54, 1.807) is 19.2 Å². The number of methoxy groups -OCH3 is 1. The summed E-state index contributed by atoms with van der Waals surface area (Å²) in [4.78, 5) is 10.9. The number of aromatic nitrogens is 2. The minimum Gasteiger partial charge on any atom is -0.377 e. The quantitative estimate of drug-likeness (QED) is 0.695. The van der Waals surface area contributed by atoms with Gasteiger partial charge in [-0.1, -0.05) is 18.2 Å². The third kappa shape index (κ3) is 5.75. The van der Waals surface area contributed by atoms with Crippen LogP contribution in [0.2, 0.25) is 0 Å². The maximum Gasteiger partial charge on any atom is 0.416 e. The molecule has 2 heterocycles. The zero-order chi connectivity index (χ0) is 20.0. The van der Waals surface area contributed by atoms with E-state index < -0.39 is 11.7 Å². The molecule has 28 heavy (non-hydrogen) atoms. The van der Waals surface area contributed by atoms with Crippen molar-refractivity contribution in [1.82, 2.24) is 14.9 Å². The van der Waals surface area contributed by atoms with Crippen molar-refractivity contribution in [2.75, 3.05) is 20.2 Å². The van der Waals surface area contributed by atoms with Crippen molar-refractivity contribution in [2.24, 2.45) is 5.92 Å². The molecule has 152 valence electrons. The van der Waals surface area contributed by atoms with Crippen LogP contribution >= 0.6 is 0 Å². The van der Waals surface area contributed by atoms with Gasteiger partial charge in [-0.2, -0.15) is 13.2 Å². The fourth-order valence-corrected chi connectivity index (χ4v) is 3.83. The lowest BCUT2D eigenvalue weighted by Crippen LogP contribution is -2.35. The second-order valence-corrected chi connectivity index (χ2v) is 7.38. The van der Waals surface area contributed by atoms with Crippen LogP contribution in [0.1, 0.15) is 41.8 Å². The molecule has 1 aromatic carbocycles. The van der Waals surface area contributed by atoms with Gasteiger partial charge in [-0.25, -0.2) is 9.97 Å². The SMILES string of the molecule is COCc1ncc(CN2CCC[C@@H](CCc3ccccc3C(F)(F)F)C2)cn1. The van der Waals surface area contributed by atoms with Crippen LogP contribution < -0.4 is 0 Å². The maximum absolute atomic E-state index is 13.2. The molecule has 0 unspecified atom stereocenters. The molecule has 1 aromatic heterocycles. The molecular formula is C21H26F3N3O. The zero-order valence-electron chi connectivity index (χ0n) is 16.1. The van der Waals surface area contributed by atoms with Gasteiger partial charge in [-0.05, 0) is 49.8 Å². The van der Waals surface area contributed by atoms with Gasteiger partial charge in [0.05, 0.1) is 5.56 Å². The molecule has 2 aromatic rings. The summed E-state index contributed by atoms with van der Waals surface area (Å²) in [5.74, 6) is 1.06. The van der Waals surface area contributed by atoms with E-state index in [0.717, 1.165) is 44.5 Å². The first-order valence-corrected chi connectivity index (χ1v) is 9.62. The molecule has 0 radical (unpaired) electrons. The highest BCUT2D eigenvalue weighted by molar-refractivity contribution is 5.29. The molecule has 1 aliphatic heterocycles. The van der Waals surface area contributed by atoms with Gasteiger partial charge in [0.25, 0.3) is 0 Å². The van der Waals surface area contributed by atoms with Crippen molar-refractivity contribution in [2.45, 2.75) is 45.0 Å². The smallest absolute Gasteiger partial charge is 0.377 e. The van der Waals surface area contributed by atoms with Crippen molar-refractivity contribution in [1.29, 1.82) is 0 Å². The van der Waals surface area contributed by atoms with Crippen molar-refractivity contribution in [3.8, 4) is 0 Å². The van der Waals surface area contributed by atoms with Gasteiger partial charge in [0.1, 0.15) is 6.61 Å². The number of hydrogen-bond acceptors (Lipinski definition) is 4. The van der Waals surface area contributed by atoms with E-state index in [2.05, 4.69) is 14.9 Å². The predicted molar refractivity (Wildman–Crippen MR) is 101 cm³/mol. The summed E-state index contributed by atoms with van der Waals surface area (Å²) >= 11 is 0. The van der Waals surface area contributed by atoms with Crippen LogP contribution in [0, 0.1) is 5.92 Å². The Bertz CT molecular complexity index is 749. The fourth-order valence-electron chi connectivity index (χ4n) is 3.83. The van der Waals surface area contributed by atoms with E-state index in [-0.39, 0.29) is 0 Å². The number of hydrogen-bond donors (Lipinski definition) is 0. The number of piperidine rings is 1. The van der Waals surface area contributed by atoms with Gasteiger partial charge in [-0.15, -0.1) is 0 Å². The largest absolute Gasteiger partial charge is 0.416 e. The Morgan fingerprint density at radius 1 is 1.18 bits per heavy atom.